The van der Waals surface area contributed by atoms with Gasteiger partial charge in [-0.15, -0.1) is 5.10 Å². The number of rotatable bonds is 6. The lowest BCUT2D eigenvalue weighted by Gasteiger charge is -2.10. The van der Waals surface area contributed by atoms with Gasteiger partial charge in [0.25, 0.3) is 0 Å². The summed E-state index contributed by atoms with van der Waals surface area (Å²) in [4.78, 5) is 11.9. The maximum atomic E-state index is 11.9. The molecule has 122 valence electrons. The molecule has 3 aromatic rings. The summed E-state index contributed by atoms with van der Waals surface area (Å²) in [6.45, 7) is 0.0481. The Morgan fingerprint density at radius 3 is 2.54 bits per heavy atom. The second-order valence-corrected chi connectivity index (χ2v) is 4.83. The number of anilines is 1. The minimum absolute atomic E-state index is 0.0481. The average Bonchev–Trinajstić information content (AvgIpc) is 3.10. The monoisotopic (exact) mass is 325 g/mol. The molecule has 0 saturated heterocycles. The van der Waals surface area contributed by atoms with E-state index in [-0.39, 0.29) is 12.5 Å². The number of para-hydroxylation sites is 2. The van der Waals surface area contributed by atoms with E-state index in [1.54, 1.807) is 31.4 Å². The largest absolute Gasteiger partial charge is 0.493 e. The van der Waals surface area contributed by atoms with Crippen LogP contribution >= 0.6 is 0 Å². The van der Waals surface area contributed by atoms with Gasteiger partial charge in [-0.2, -0.15) is 0 Å². The molecule has 0 aliphatic rings. The van der Waals surface area contributed by atoms with Crippen LogP contribution in [0.15, 0.2) is 54.9 Å². The normalized spacial score (nSPS) is 10.2. The molecule has 8 nitrogen and oxygen atoms in total. The van der Waals surface area contributed by atoms with Gasteiger partial charge < -0.3 is 14.8 Å². The first kappa shape index (κ1) is 15.5. The predicted molar refractivity (Wildman–Crippen MR) is 86.0 cm³/mol. The second-order valence-electron chi connectivity index (χ2n) is 4.83. The zero-order valence-corrected chi connectivity index (χ0v) is 12.9. The highest BCUT2D eigenvalue weighted by Crippen LogP contribution is 2.31. The SMILES string of the molecule is COc1ccccc1Oc1ccc(NC(=O)Cn2cnnn2)cc1. The van der Waals surface area contributed by atoms with Gasteiger partial charge in [-0.25, -0.2) is 4.68 Å². The van der Waals surface area contributed by atoms with Crippen LogP contribution in [0.2, 0.25) is 0 Å². The first-order chi connectivity index (χ1) is 11.7. The van der Waals surface area contributed by atoms with Crippen LogP contribution in [0.3, 0.4) is 0 Å². The molecule has 24 heavy (non-hydrogen) atoms. The topological polar surface area (TPSA) is 91.2 Å². The van der Waals surface area contributed by atoms with E-state index in [1.165, 1.54) is 11.0 Å². The van der Waals surface area contributed by atoms with Gasteiger partial charge in [0, 0.05) is 5.69 Å². The molecule has 0 radical (unpaired) electrons. The highest BCUT2D eigenvalue weighted by atomic mass is 16.5. The maximum Gasteiger partial charge on any atom is 0.246 e. The summed E-state index contributed by atoms with van der Waals surface area (Å²) >= 11 is 0. The van der Waals surface area contributed by atoms with E-state index in [0.717, 1.165) is 0 Å². The lowest BCUT2D eigenvalue weighted by molar-refractivity contribution is -0.116. The van der Waals surface area contributed by atoms with Crippen LogP contribution in [0, 0.1) is 0 Å². The van der Waals surface area contributed by atoms with E-state index >= 15 is 0 Å². The van der Waals surface area contributed by atoms with Crippen molar-refractivity contribution in [1.82, 2.24) is 20.2 Å². The Labute approximate surface area is 138 Å². The summed E-state index contributed by atoms with van der Waals surface area (Å²) in [6, 6.07) is 14.4. The van der Waals surface area contributed by atoms with Gasteiger partial charge in [0.1, 0.15) is 18.6 Å². The smallest absolute Gasteiger partial charge is 0.246 e. The van der Waals surface area contributed by atoms with Gasteiger partial charge >= 0.3 is 0 Å². The van der Waals surface area contributed by atoms with Crippen LogP contribution in [0.25, 0.3) is 0 Å². The zero-order valence-electron chi connectivity index (χ0n) is 12.9. The number of amides is 1. The van der Waals surface area contributed by atoms with Crippen molar-refractivity contribution in [1.29, 1.82) is 0 Å². The second kappa shape index (κ2) is 7.23. The molecule has 0 aliphatic heterocycles. The third kappa shape index (κ3) is 3.86. The van der Waals surface area contributed by atoms with Crippen molar-refractivity contribution < 1.29 is 14.3 Å². The molecule has 1 heterocycles. The summed E-state index contributed by atoms with van der Waals surface area (Å²) < 4.78 is 12.4. The standard InChI is InChI=1S/C16H15N5O3/c1-23-14-4-2-3-5-15(14)24-13-8-6-12(7-9-13)18-16(22)10-21-11-17-19-20-21/h2-9,11H,10H2,1H3,(H,18,22). The van der Waals surface area contributed by atoms with Gasteiger partial charge in [0.05, 0.1) is 7.11 Å². The molecule has 2 aromatic carbocycles. The zero-order chi connectivity index (χ0) is 16.8. The number of tetrazole rings is 1. The van der Waals surface area contributed by atoms with Crippen molar-refractivity contribution in [3.8, 4) is 17.2 Å². The number of carbonyl (C=O) groups excluding carboxylic acids is 1. The summed E-state index contributed by atoms with van der Waals surface area (Å²) in [5, 5.41) is 13.3. The molecule has 0 saturated carbocycles. The Bertz CT molecular complexity index is 803. The van der Waals surface area contributed by atoms with E-state index in [9.17, 15) is 4.79 Å². The summed E-state index contributed by atoms with van der Waals surface area (Å²) in [5.74, 6) is 1.69. The molecule has 8 heteroatoms. The van der Waals surface area contributed by atoms with Crippen LogP contribution < -0.4 is 14.8 Å². The molecule has 3 rings (SSSR count). The Balaban J connectivity index is 1.62. The molecule has 0 spiro atoms. The lowest BCUT2D eigenvalue weighted by Crippen LogP contribution is -2.19. The Kier molecular flexibility index (Phi) is 4.66. The fourth-order valence-corrected chi connectivity index (χ4v) is 2.04. The van der Waals surface area contributed by atoms with Crippen molar-refractivity contribution in [2.24, 2.45) is 0 Å². The quantitative estimate of drug-likeness (QED) is 0.746. The van der Waals surface area contributed by atoms with Crippen LogP contribution in [0.4, 0.5) is 5.69 Å². The molecule has 1 amide bonds. The van der Waals surface area contributed by atoms with Crippen molar-refractivity contribution in [3.63, 3.8) is 0 Å². The Morgan fingerprint density at radius 1 is 1.12 bits per heavy atom. The van der Waals surface area contributed by atoms with Gasteiger partial charge in [0.15, 0.2) is 11.5 Å². The highest BCUT2D eigenvalue weighted by molar-refractivity contribution is 5.90. The number of nitrogens with one attached hydrogen (secondary N) is 1. The molecule has 0 fully saturated rings. The fourth-order valence-electron chi connectivity index (χ4n) is 2.04. The number of aromatic nitrogens is 4. The molecule has 0 unspecified atom stereocenters. The maximum absolute atomic E-state index is 11.9. The van der Waals surface area contributed by atoms with Crippen LogP contribution in [-0.2, 0) is 11.3 Å². The predicted octanol–water partition coefficient (Wildman–Crippen LogP) is 2.11. The molecule has 0 bridgehead atoms. The number of hydrogen-bond acceptors (Lipinski definition) is 6. The first-order valence-electron chi connectivity index (χ1n) is 7.16. The molecule has 1 aromatic heterocycles. The Morgan fingerprint density at radius 2 is 1.88 bits per heavy atom. The number of ether oxygens (including phenoxy) is 2. The fraction of sp³-hybridized carbons (Fsp3) is 0.125. The Hall–Kier alpha value is -3.42. The van der Waals surface area contributed by atoms with Gasteiger partial charge in [-0.1, -0.05) is 12.1 Å². The molecular formula is C16H15N5O3. The van der Waals surface area contributed by atoms with E-state index in [0.29, 0.717) is 22.9 Å². The van der Waals surface area contributed by atoms with E-state index in [1.807, 2.05) is 24.3 Å². The number of methoxy groups -OCH3 is 1. The van der Waals surface area contributed by atoms with Crippen molar-refractivity contribution in [2.75, 3.05) is 12.4 Å². The number of hydrogen-bond donors (Lipinski definition) is 1. The van der Waals surface area contributed by atoms with Crippen LogP contribution in [0.1, 0.15) is 0 Å². The summed E-state index contributed by atoms with van der Waals surface area (Å²) in [6.07, 6.45) is 1.38. The van der Waals surface area contributed by atoms with Crippen molar-refractivity contribution in [2.45, 2.75) is 6.54 Å². The molecule has 0 aliphatic carbocycles. The highest BCUT2D eigenvalue weighted by Gasteiger charge is 2.06. The average molecular weight is 325 g/mol. The molecule has 0 atom stereocenters. The molecular weight excluding hydrogens is 310 g/mol. The minimum Gasteiger partial charge on any atom is -0.493 e. The van der Waals surface area contributed by atoms with E-state index in [2.05, 4.69) is 20.8 Å². The van der Waals surface area contributed by atoms with Crippen LogP contribution in [0.5, 0.6) is 17.2 Å². The third-order valence-corrected chi connectivity index (χ3v) is 3.13. The van der Waals surface area contributed by atoms with E-state index < -0.39 is 0 Å². The number of benzene rings is 2. The van der Waals surface area contributed by atoms with Crippen LogP contribution in [-0.4, -0.2) is 33.2 Å². The number of carbonyl (C=O) groups is 1. The lowest BCUT2D eigenvalue weighted by atomic mass is 10.3. The first-order valence-corrected chi connectivity index (χ1v) is 7.16. The third-order valence-electron chi connectivity index (χ3n) is 3.13. The van der Waals surface area contributed by atoms with Crippen molar-refractivity contribution in [3.05, 3.63) is 54.9 Å². The minimum atomic E-state index is -0.222. The molecule has 1 N–H and O–H groups in total. The van der Waals surface area contributed by atoms with Gasteiger partial charge in [0.2, 0.25) is 5.91 Å². The summed E-state index contributed by atoms with van der Waals surface area (Å²) in [7, 11) is 1.59. The summed E-state index contributed by atoms with van der Waals surface area (Å²) in [5.41, 5.74) is 0.653. The van der Waals surface area contributed by atoms with Gasteiger partial charge in [-0.3, -0.25) is 4.79 Å². The number of nitrogens with zero attached hydrogens (tertiary/aromatic N) is 4. The van der Waals surface area contributed by atoms with Gasteiger partial charge in [-0.05, 0) is 46.8 Å². The van der Waals surface area contributed by atoms with Crippen molar-refractivity contribution >= 4 is 11.6 Å². The van der Waals surface area contributed by atoms with E-state index in [4.69, 9.17) is 9.47 Å².